The third kappa shape index (κ3) is 13.2. The summed E-state index contributed by atoms with van der Waals surface area (Å²) in [5.41, 5.74) is 10.6. The van der Waals surface area contributed by atoms with E-state index in [2.05, 4.69) is 26.6 Å². The molecule has 0 aromatic rings. The molecule has 39 heavy (non-hydrogen) atoms. The van der Waals surface area contributed by atoms with Gasteiger partial charge in [0, 0.05) is 30.8 Å². The minimum absolute atomic E-state index is 0.0239. The smallest absolute Gasteiger partial charge is 0.322 e. The van der Waals surface area contributed by atoms with Gasteiger partial charge in [0.15, 0.2) is 11.7 Å². The topological polar surface area (TPSA) is 276 Å². The number of guanidine groups is 1. The van der Waals surface area contributed by atoms with E-state index in [1.165, 1.54) is 10.8 Å². The summed E-state index contributed by atoms with van der Waals surface area (Å²) in [6.45, 7) is 0.972. The van der Waals surface area contributed by atoms with Crippen molar-refractivity contribution in [1.82, 2.24) is 26.6 Å². The Hall–Kier alpha value is -3.54. The summed E-state index contributed by atoms with van der Waals surface area (Å²) >= 11 is 0. The molecule has 5 amide bonds. The van der Waals surface area contributed by atoms with Crippen LogP contribution in [0.15, 0.2) is 0 Å². The summed E-state index contributed by atoms with van der Waals surface area (Å²) in [6.07, 6.45) is -1.06. The number of aliphatic carboxylic acids is 1. The molecule has 1 saturated heterocycles. The minimum Gasteiger partial charge on any atom is -0.480 e. The van der Waals surface area contributed by atoms with E-state index in [-0.39, 0.29) is 30.8 Å². The molecular formula is C21H34N8O8S2. The molecule has 218 valence electrons. The van der Waals surface area contributed by atoms with Gasteiger partial charge in [-0.1, -0.05) is 28.5 Å². The van der Waals surface area contributed by atoms with E-state index >= 15 is 0 Å². The summed E-state index contributed by atoms with van der Waals surface area (Å²) in [4.78, 5) is 85.9. The number of ketones is 1. The van der Waals surface area contributed by atoms with Crippen LogP contribution < -0.4 is 38.1 Å². The van der Waals surface area contributed by atoms with Crippen molar-refractivity contribution in [3.8, 4) is 0 Å². The number of carboxylic acid groups (broad SMARTS) is 1. The molecule has 0 bridgehead atoms. The van der Waals surface area contributed by atoms with Gasteiger partial charge >= 0.3 is 5.97 Å². The van der Waals surface area contributed by atoms with Crippen molar-refractivity contribution in [2.24, 2.45) is 11.5 Å². The standard InChI is InChI=1S/C21H34N8O8S2/c1-2-10(28-21(23)24)18-20(37)27-12(19(36)25-8-17(34)35)9-39-38-6-5-16(33)26-11(7-14(22)31)13(30)3-4-15(32)29-18/h10-12,18H,2-9H2,1H3,(H2,22,31)(H,25,36)(H,26,33)(H,27,37)(H,29,32)(H,34,35)(H4,23,24,28)/t10?,11-,12-,18-/m0/s1. The number of nitrogens with two attached hydrogens (primary N) is 2. The van der Waals surface area contributed by atoms with E-state index in [9.17, 15) is 33.6 Å². The zero-order valence-corrected chi connectivity index (χ0v) is 22.9. The molecule has 18 heteroatoms. The van der Waals surface area contributed by atoms with Gasteiger partial charge in [-0.05, 0) is 6.42 Å². The fraction of sp³-hybridized carbons (Fsp3) is 0.619. The quantitative estimate of drug-likeness (QED) is 0.0773. The molecule has 0 saturated carbocycles. The number of nitrogens with one attached hydrogen (secondary N) is 6. The Morgan fingerprint density at radius 3 is 2.31 bits per heavy atom. The van der Waals surface area contributed by atoms with Crippen LogP contribution in [0, 0.1) is 5.41 Å². The number of rotatable bonds is 8. The molecule has 1 fully saturated rings. The van der Waals surface area contributed by atoms with Crippen molar-refractivity contribution in [3.05, 3.63) is 0 Å². The molecule has 1 heterocycles. The number of carbonyl (C=O) groups excluding carboxylic acids is 6. The Bertz CT molecular complexity index is 966. The van der Waals surface area contributed by atoms with Gasteiger partial charge in [-0.2, -0.15) is 0 Å². The first-order chi connectivity index (χ1) is 18.3. The lowest BCUT2D eigenvalue weighted by Gasteiger charge is -2.29. The van der Waals surface area contributed by atoms with Gasteiger partial charge in [-0.15, -0.1) is 0 Å². The molecule has 0 radical (unpaired) electrons. The second-order valence-electron chi connectivity index (χ2n) is 8.40. The molecule has 0 aromatic carbocycles. The number of amides is 5. The highest BCUT2D eigenvalue weighted by atomic mass is 33.1. The molecule has 4 atom stereocenters. The minimum atomic E-state index is -1.34. The third-order valence-electron chi connectivity index (χ3n) is 5.29. The average Bonchev–Trinajstić information content (AvgIpc) is 2.85. The van der Waals surface area contributed by atoms with Gasteiger partial charge in [0.25, 0.3) is 0 Å². The van der Waals surface area contributed by atoms with Crippen LogP contribution in [-0.4, -0.2) is 94.6 Å². The first-order valence-electron chi connectivity index (χ1n) is 11.9. The molecule has 0 aromatic heterocycles. The largest absolute Gasteiger partial charge is 0.480 e. The SMILES string of the molecule is CCC(NC(=N)N)[C@@H]1NC(=O)CCC(=O)[C@H](CC(N)=O)NC(=O)CCSSC[C@@H](C(=O)NCC(=O)O)NC1=O. The molecule has 0 aliphatic carbocycles. The molecule has 1 aliphatic rings. The van der Waals surface area contributed by atoms with E-state index < -0.39 is 90.8 Å². The first kappa shape index (κ1) is 33.5. The predicted molar refractivity (Wildman–Crippen MR) is 143 cm³/mol. The summed E-state index contributed by atoms with van der Waals surface area (Å²) < 4.78 is 0. The van der Waals surface area contributed by atoms with E-state index in [0.29, 0.717) is 0 Å². The predicted octanol–water partition coefficient (Wildman–Crippen LogP) is -3.09. The van der Waals surface area contributed by atoms with E-state index in [1.54, 1.807) is 6.92 Å². The molecule has 1 rings (SSSR count). The number of Topliss-reactive ketones (excluding diaryl/α,β-unsaturated/α-hetero) is 1. The van der Waals surface area contributed by atoms with Crippen LogP contribution in [0.2, 0.25) is 0 Å². The monoisotopic (exact) mass is 590 g/mol. The van der Waals surface area contributed by atoms with Crippen LogP contribution in [0.3, 0.4) is 0 Å². The van der Waals surface area contributed by atoms with E-state index in [1.807, 2.05) is 0 Å². The Labute approximate surface area is 232 Å². The Kier molecular flexibility index (Phi) is 14.7. The lowest BCUT2D eigenvalue weighted by atomic mass is 10.0. The second-order valence-corrected chi connectivity index (χ2v) is 11.0. The molecule has 11 N–H and O–H groups in total. The van der Waals surface area contributed by atoms with Crippen LogP contribution in [0.5, 0.6) is 0 Å². The van der Waals surface area contributed by atoms with E-state index in [4.69, 9.17) is 22.0 Å². The molecule has 16 nitrogen and oxygen atoms in total. The fourth-order valence-corrected chi connectivity index (χ4v) is 5.53. The molecule has 1 aliphatic heterocycles. The maximum atomic E-state index is 13.3. The van der Waals surface area contributed by atoms with Crippen molar-refractivity contribution >= 4 is 68.8 Å². The summed E-state index contributed by atoms with van der Waals surface area (Å²) in [5, 5.41) is 28.6. The second kappa shape index (κ2) is 17.1. The average molecular weight is 591 g/mol. The highest BCUT2D eigenvalue weighted by molar-refractivity contribution is 8.76. The van der Waals surface area contributed by atoms with Crippen LogP contribution in [0.4, 0.5) is 0 Å². The van der Waals surface area contributed by atoms with Crippen LogP contribution in [0.1, 0.15) is 39.0 Å². The maximum Gasteiger partial charge on any atom is 0.322 e. The van der Waals surface area contributed by atoms with Crippen molar-refractivity contribution in [3.63, 3.8) is 0 Å². The zero-order chi connectivity index (χ0) is 29.5. The van der Waals surface area contributed by atoms with Gasteiger partial charge in [-0.25, -0.2) is 0 Å². The first-order valence-corrected chi connectivity index (χ1v) is 14.4. The zero-order valence-electron chi connectivity index (χ0n) is 21.2. The number of carbonyl (C=O) groups is 7. The highest BCUT2D eigenvalue weighted by Crippen LogP contribution is 2.23. The van der Waals surface area contributed by atoms with Crippen molar-refractivity contribution in [2.75, 3.05) is 18.1 Å². The van der Waals surface area contributed by atoms with Crippen LogP contribution in [0.25, 0.3) is 0 Å². The van der Waals surface area contributed by atoms with Crippen molar-refractivity contribution in [1.29, 1.82) is 5.41 Å². The van der Waals surface area contributed by atoms with Crippen LogP contribution >= 0.6 is 21.6 Å². The Balaban J connectivity index is 3.26. The molecule has 1 unspecified atom stereocenters. The number of primary amides is 1. The fourth-order valence-electron chi connectivity index (χ4n) is 3.38. The molecular weight excluding hydrogens is 556 g/mol. The Morgan fingerprint density at radius 1 is 1.05 bits per heavy atom. The van der Waals surface area contributed by atoms with Gasteiger partial charge in [0.1, 0.15) is 18.6 Å². The third-order valence-corrected chi connectivity index (χ3v) is 7.70. The lowest BCUT2D eigenvalue weighted by Crippen LogP contribution is -2.62. The summed E-state index contributed by atoms with van der Waals surface area (Å²) in [5.74, 6) is -5.84. The van der Waals surface area contributed by atoms with Crippen molar-refractivity contribution in [2.45, 2.75) is 63.2 Å². The summed E-state index contributed by atoms with van der Waals surface area (Å²) in [6, 6.07) is -4.66. The van der Waals surface area contributed by atoms with Crippen molar-refractivity contribution < 1.29 is 38.7 Å². The number of carboxylic acids is 1. The molecule has 0 spiro atoms. The maximum absolute atomic E-state index is 13.3. The highest BCUT2D eigenvalue weighted by Gasteiger charge is 2.33. The van der Waals surface area contributed by atoms with Gasteiger partial charge < -0.3 is 43.2 Å². The lowest BCUT2D eigenvalue weighted by molar-refractivity contribution is -0.138. The number of hydrogen-bond donors (Lipinski definition) is 9. The number of hydrogen-bond acceptors (Lipinski definition) is 10. The van der Waals surface area contributed by atoms with Crippen LogP contribution in [-0.2, 0) is 33.6 Å². The van der Waals surface area contributed by atoms with Gasteiger partial charge in [0.05, 0.1) is 18.5 Å². The van der Waals surface area contributed by atoms with Gasteiger partial charge in [0.2, 0.25) is 29.5 Å². The Morgan fingerprint density at radius 2 is 1.72 bits per heavy atom. The normalized spacial score (nSPS) is 22.7. The summed E-state index contributed by atoms with van der Waals surface area (Å²) in [7, 11) is 2.31. The van der Waals surface area contributed by atoms with E-state index in [0.717, 1.165) is 10.8 Å². The van der Waals surface area contributed by atoms with Gasteiger partial charge in [-0.3, -0.25) is 39.0 Å².